The van der Waals surface area contributed by atoms with Crippen molar-refractivity contribution in [3.05, 3.63) is 41.4 Å². The van der Waals surface area contributed by atoms with Gasteiger partial charge in [-0.1, -0.05) is 11.6 Å². The quantitative estimate of drug-likeness (QED) is 0.755. The van der Waals surface area contributed by atoms with Crippen LogP contribution in [-0.2, 0) is 4.79 Å². The zero-order valence-corrected chi connectivity index (χ0v) is 12.4. The number of amides is 1. The van der Waals surface area contributed by atoms with Gasteiger partial charge >= 0.3 is 0 Å². The molecule has 21 heavy (non-hydrogen) atoms. The van der Waals surface area contributed by atoms with Crippen LogP contribution >= 0.6 is 11.3 Å². The number of anilines is 1. The molecule has 0 radical (unpaired) electrons. The van der Waals surface area contributed by atoms with Gasteiger partial charge in [0.15, 0.2) is 0 Å². The Labute approximate surface area is 125 Å². The summed E-state index contributed by atoms with van der Waals surface area (Å²) < 4.78 is 1.63. The Bertz CT molecular complexity index is 815. The van der Waals surface area contributed by atoms with Gasteiger partial charge < -0.3 is 0 Å². The van der Waals surface area contributed by atoms with Gasteiger partial charge in [-0.05, 0) is 31.4 Å². The molecule has 1 N–H and O–H groups in total. The third-order valence-corrected chi connectivity index (χ3v) is 3.56. The summed E-state index contributed by atoms with van der Waals surface area (Å²) in [6.07, 6.45) is 3.18. The Kier molecular flexibility index (Phi) is 3.49. The van der Waals surface area contributed by atoms with Crippen molar-refractivity contribution in [3.8, 4) is 10.6 Å². The van der Waals surface area contributed by atoms with Gasteiger partial charge in [-0.15, -0.1) is 16.4 Å². The number of allylic oxidation sites excluding steroid dienone is 1. The van der Waals surface area contributed by atoms with E-state index in [1.54, 1.807) is 22.0 Å². The molecule has 106 valence electrons. The van der Waals surface area contributed by atoms with E-state index in [-0.39, 0.29) is 11.9 Å². The number of hydrogen-bond donors (Lipinski definition) is 1. The molecule has 0 unspecified atom stereocenters. The monoisotopic (exact) mass is 299 g/mol. The zero-order chi connectivity index (χ0) is 14.8. The van der Waals surface area contributed by atoms with Gasteiger partial charge in [0.2, 0.25) is 0 Å². The first-order valence-corrected chi connectivity index (χ1v) is 7.23. The maximum Gasteiger partial charge on any atom is 0.254 e. The minimum atomic E-state index is -0.247. The summed E-state index contributed by atoms with van der Waals surface area (Å²) in [7, 11) is 0. The van der Waals surface area contributed by atoms with Crippen LogP contribution in [0.15, 0.2) is 41.4 Å². The number of nitrogens with one attached hydrogen (secondary N) is 1. The number of nitrogens with zero attached hydrogens (tertiary/aromatic N) is 4. The van der Waals surface area contributed by atoms with E-state index >= 15 is 0 Å². The summed E-state index contributed by atoms with van der Waals surface area (Å²) in [6, 6.07) is 5.85. The van der Waals surface area contributed by atoms with E-state index in [1.165, 1.54) is 6.08 Å². The van der Waals surface area contributed by atoms with E-state index in [0.717, 1.165) is 16.1 Å². The first-order valence-electron chi connectivity index (χ1n) is 6.35. The fraction of sp³-hybridized carbons (Fsp3) is 0.143. The summed E-state index contributed by atoms with van der Waals surface area (Å²) >= 11 is 1.61. The lowest BCUT2D eigenvalue weighted by molar-refractivity contribution is -0.112. The second-order valence-corrected chi connectivity index (χ2v) is 5.61. The van der Waals surface area contributed by atoms with E-state index in [1.807, 2.05) is 37.4 Å². The topological polar surface area (TPSA) is 72.2 Å². The van der Waals surface area contributed by atoms with Crippen LogP contribution in [0.25, 0.3) is 16.3 Å². The molecule has 3 aromatic heterocycles. The van der Waals surface area contributed by atoms with Crippen LogP contribution in [0.2, 0.25) is 0 Å². The molecule has 0 saturated heterocycles. The van der Waals surface area contributed by atoms with Gasteiger partial charge in [-0.2, -0.15) is 9.50 Å². The lowest BCUT2D eigenvalue weighted by Gasteiger charge is -1.99. The van der Waals surface area contributed by atoms with Crippen molar-refractivity contribution < 1.29 is 4.79 Å². The third-order valence-electron chi connectivity index (χ3n) is 2.67. The van der Waals surface area contributed by atoms with E-state index in [4.69, 9.17) is 0 Å². The lowest BCUT2D eigenvalue weighted by Crippen LogP contribution is -2.09. The second-order valence-electron chi connectivity index (χ2n) is 4.67. The first kappa shape index (κ1) is 13.4. The second kappa shape index (κ2) is 5.45. The van der Waals surface area contributed by atoms with Gasteiger partial charge in [0.05, 0.1) is 10.6 Å². The predicted octanol–water partition coefficient (Wildman–Crippen LogP) is 2.76. The summed E-state index contributed by atoms with van der Waals surface area (Å²) in [6.45, 7) is 3.71. The van der Waals surface area contributed by atoms with Gasteiger partial charge in [0.25, 0.3) is 17.6 Å². The van der Waals surface area contributed by atoms with Gasteiger partial charge in [-0.25, -0.2) is 4.98 Å². The summed E-state index contributed by atoms with van der Waals surface area (Å²) in [5.41, 5.74) is 1.80. The highest BCUT2D eigenvalue weighted by atomic mass is 32.1. The van der Waals surface area contributed by atoms with E-state index in [9.17, 15) is 4.79 Å². The van der Waals surface area contributed by atoms with Crippen molar-refractivity contribution in [2.45, 2.75) is 13.8 Å². The molecule has 0 aliphatic rings. The molecule has 0 spiro atoms. The highest BCUT2D eigenvalue weighted by Crippen LogP contribution is 2.24. The molecule has 3 aromatic rings. The normalized spacial score (nSPS) is 10.6. The molecular formula is C14H13N5OS. The molecule has 0 bridgehead atoms. The van der Waals surface area contributed by atoms with Gasteiger partial charge in [0, 0.05) is 12.3 Å². The standard InChI is InChI=1S/C14H13N5OS/c1-9(2)8-12(20)16-13-17-14-15-6-5-10(19(14)18-13)11-4-3-7-21-11/h3-8H,1-2H3,(H,16,18,20). The Hall–Kier alpha value is -2.54. The van der Waals surface area contributed by atoms with E-state index in [0.29, 0.717) is 5.78 Å². The van der Waals surface area contributed by atoms with Crippen molar-refractivity contribution in [1.82, 2.24) is 19.6 Å². The van der Waals surface area contributed by atoms with Crippen molar-refractivity contribution in [3.63, 3.8) is 0 Å². The van der Waals surface area contributed by atoms with Crippen LogP contribution < -0.4 is 5.32 Å². The van der Waals surface area contributed by atoms with Crippen LogP contribution in [0.1, 0.15) is 13.8 Å². The number of aromatic nitrogens is 4. The van der Waals surface area contributed by atoms with Crippen molar-refractivity contribution in [2.24, 2.45) is 0 Å². The minimum absolute atomic E-state index is 0.244. The number of hydrogen-bond acceptors (Lipinski definition) is 5. The summed E-state index contributed by atoms with van der Waals surface area (Å²) in [5, 5.41) is 8.94. The van der Waals surface area contributed by atoms with Crippen LogP contribution in [0.5, 0.6) is 0 Å². The maximum atomic E-state index is 11.7. The Morgan fingerprint density at radius 1 is 1.38 bits per heavy atom. The molecule has 0 fully saturated rings. The van der Waals surface area contributed by atoms with E-state index < -0.39 is 0 Å². The SMILES string of the molecule is CC(C)=CC(=O)Nc1nc2nccc(-c3cccs3)n2n1. The van der Waals surface area contributed by atoms with Gasteiger partial charge in [-0.3, -0.25) is 10.1 Å². The van der Waals surface area contributed by atoms with Crippen molar-refractivity contribution in [1.29, 1.82) is 0 Å². The smallest absolute Gasteiger partial charge is 0.254 e. The molecule has 1 amide bonds. The summed E-state index contributed by atoms with van der Waals surface area (Å²) in [5.74, 6) is 0.450. The number of carbonyl (C=O) groups excluding carboxylic acids is 1. The Morgan fingerprint density at radius 2 is 2.24 bits per heavy atom. The first-order chi connectivity index (χ1) is 10.1. The highest BCUT2D eigenvalue weighted by Gasteiger charge is 2.11. The summed E-state index contributed by atoms with van der Waals surface area (Å²) in [4.78, 5) is 21.2. The zero-order valence-electron chi connectivity index (χ0n) is 11.6. The number of thiophene rings is 1. The molecule has 3 heterocycles. The average molecular weight is 299 g/mol. The predicted molar refractivity (Wildman–Crippen MR) is 82.2 cm³/mol. The minimum Gasteiger partial charge on any atom is -0.290 e. The third kappa shape index (κ3) is 2.82. The van der Waals surface area contributed by atoms with Gasteiger partial charge in [0.1, 0.15) is 0 Å². The molecule has 0 aromatic carbocycles. The number of rotatable bonds is 3. The molecule has 6 nitrogen and oxygen atoms in total. The molecule has 0 atom stereocenters. The molecule has 3 rings (SSSR count). The maximum absolute atomic E-state index is 11.7. The number of carbonyl (C=O) groups is 1. The van der Waals surface area contributed by atoms with Crippen LogP contribution in [-0.4, -0.2) is 25.5 Å². The molecule has 0 saturated carbocycles. The Morgan fingerprint density at radius 3 is 2.95 bits per heavy atom. The average Bonchev–Trinajstić information content (AvgIpc) is 3.05. The fourth-order valence-electron chi connectivity index (χ4n) is 1.87. The highest BCUT2D eigenvalue weighted by molar-refractivity contribution is 7.13. The Balaban J connectivity index is 1.99. The van der Waals surface area contributed by atoms with Crippen LogP contribution in [0.3, 0.4) is 0 Å². The van der Waals surface area contributed by atoms with Crippen LogP contribution in [0.4, 0.5) is 5.95 Å². The molecule has 0 aliphatic heterocycles. The van der Waals surface area contributed by atoms with Crippen LogP contribution in [0, 0.1) is 0 Å². The van der Waals surface area contributed by atoms with Crippen molar-refractivity contribution >= 4 is 29.0 Å². The largest absolute Gasteiger partial charge is 0.290 e. The number of fused-ring (bicyclic) bond motifs is 1. The van der Waals surface area contributed by atoms with Crippen molar-refractivity contribution in [2.75, 3.05) is 5.32 Å². The molecule has 7 heteroatoms. The van der Waals surface area contributed by atoms with E-state index in [2.05, 4.69) is 20.4 Å². The molecule has 0 aliphatic carbocycles. The lowest BCUT2D eigenvalue weighted by atomic mass is 10.3. The molecular weight excluding hydrogens is 286 g/mol. The fourth-order valence-corrected chi connectivity index (χ4v) is 2.60.